The number of thioether (sulfide) groups is 1. The van der Waals surface area contributed by atoms with Crippen LogP contribution in [-0.2, 0) is 5.75 Å². The maximum atomic E-state index is 10.7. The fourth-order valence-corrected chi connectivity index (χ4v) is 1.96. The van der Waals surface area contributed by atoms with Crippen molar-refractivity contribution in [3.05, 3.63) is 48.2 Å². The number of nitrogens with zero attached hydrogens (tertiary/aromatic N) is 3. The third-order valence-corrected chi connectivity index (χ3v) is 2.95. The minimum Gasteiger partial charge on any atom is -0.477 e. The summed E-state index contributed by atoms with van der Waals surface area (Å²) in [5.41, 5.74) is 0.954. The van der Waals surface area contributed by atoms with Gasteiger partial charge in [0.25, 0.3) is 0 Å². The molecular weight excluding hydrogens is 238 g/mol. The molecule has 0 aliphatic heterocycles. The lowest BCUT2D eigenvalue weighted by atomic mass is 10.2. The van der Waals surface area contributed by atoms with Crippen molar-refractivity contribution in [1.29, 1.82) is 0 Å². The molecule has 2 aromatic heterocycles. The molecule has 0 aliphatic rings. The van der Waals surface area contributed by atoms with Gasteiger partial charge in [-0.15, -0.1) is 11.8 Å². The van der Waals surface area contributed by atoms with Crippen molar-refractivity contribution in [3.8, 4) is 0 Å². The van der Waals surface area contributed by atoms with Crippen molar-refractivity contribution >= 4 is 17.7 Å². The number of aromatic carboxylic acids is 1. The molecule has 0 aromatic carbocycles. The van der Waals surface area contributed by atoms with Crippen LogP contribution in [-0.4, -0.2) is 26.0 Å². The molecule has 0 amide bonds. The minimum absolute atomic E-state index is 0.0576. The van der Waals surface area contributed by atoms with Gasteiger partial charge in [0.1, 0.15) is 10.7 Å². The van der Waals surface area contributed by atoms with Gasteiger partial charge in [0.05, 0.1) is 6.20 Å². The van der Waals surface area contributed by atoms with E-state index >= 15 is 0 Å². The first kappa shape index (κ1) is 11.5. The zero-order chi connectivity index (χ0) is 12.1. The largest absolute Gasteiger partial charge is 0.477 e. The number of rotatable bonds is 4. The molecule has 0 aliphatic carbocycles. The Morgan fingerprint density at radius 2 is 2.18 bits per heavy atom. The summed E-state index contributed by atoms with van der Waals surface area (Å²) in [5.74, 6) is -0.377. The van der Waals surface area contributed by atoms with Crippen LogP contribution >= 0.6 is 11.8 Å². The normalized spacial score (nSPS) is 10.1. The van der Waals surface area contributed by atoms with E-state index in [2.05, 4.69) is 15.0 Å². The molecule has 0 bridgehead atoms. The lowest BCUT2D eigenvalue weighted by molar-refractivity contribution is 0.0690. The Bertz CT molecular complexity index is 519. The van der Waals surface area contributed by atoms with E-state index in [9.17, 15) is 4.79 Å². The lowest BCUT2D eigenvalue weighted by Gasteiger charge is -2.01. The highest BCUT2D eigenvalue weighted by molar-refractivity contribution is 7.98. The summed E-state index contributed by atoms with van der Waals surface area (Å²) in [5, 5.41) is 9.61. The lowest BCUT2D eigenvalue weighted by Crippen LogP contribution is -2.00. The molecule has 0 saturated heterocycles. The van der Waals surface area contributed by atoms with Crippen molar-refractivity contribution in [3.63, 3.8) is 0 Å². The third-order valence-electron chi connectivity index (χ3n) is 1.97. The van der Waals surface area contributed by atoms with Gasteiger partial charge < -0.3 is 5.11 Å². The number of aromatic nitrogens is 3. The molecule has 2 aromatic rings. The molecule has 2 rings (SSSR count). The van der Waals surface area contributed by atoms with Gasteiger partial charge in [-0.1, -0.05) is 0 Å². The first-order valence-electron chi connectivity index (χ1n) is 4.83. The number of carboxylic acid groups (broad SMARTS) is 1. The number of hydrogen-bond donors (Lipinski definition) is 1. The molecule has 0 fully saturated rings. The second-order valence-electron chi connectivity index (χ2n) is 3.19. The fourth-order valence-electron chi connectivity index (χ4n) is 1.20. The molecule has 0 radical (unpaired) electrons. The first-order chi connectivity index (χ1) is 8.25. The number of pyridine rings is 1. The summed E-state index contributed by atoms with van der Waals surface area (Å²) in [6.07, 6.45) is 6.40. The number of carboxylic acids is 1. The summed E-state index contributed by atoms with van der Waals surface area (Å²) in [6.45, 7) is 0. The maximum Gasteiger partial charge on any atom is 0.354 e. The van der Waals surface area contributed by atoms with E-state index in [1.807, 2.05) is 0 Å². The Balaban J connectivity index is 2.04. The summed E-state index contributed by atoms with van der Waals surface area (Å²) in [7, 11) is 0. The molecule has 1 N–H and O–H groups in total. The van der Waals surface area contributed by atoms with Gasteiger partial charge in [-0.25, -0.2) is 14.8 Å². The Kier molecular flexibility index (Phi) is 3.66. The van der Waals surface area contributed by atoms with E-state index in [4.69, 9.17) is 5.11 Å². The van der Waals surface area contributed by atoms with Crippen LogP contribution < -0.4 is 0 Å². The van der Waals surface area contributed by atoms with E-state index < -0.39 is 5.97 Å². The van der Waals surface area contributed by atoms with Crippen molar-refractivity contribution in [2.24, 2.45) is 0 Å². The van der Waals surface area contributed by atoms with Gasteiger partial charge in [0, 0.05) is 24.3 Å². The smallest absolute Gasteiger partial charge is 0.354 e. The maximum absolute atomic E-state index is 10.7. The molecule has 5 nitrogen and oxygen atoms in total. The van der Waals surface area contributed by atoms with Gasteiger partial charge in [0.2, 0.25) is 0 Å². The van der Waals surface area contributed by atoms with Crippen LogP contribution in [0.3, 0.4) is 0 Å². The molecule has 0 atom stereocenters. The van der Waals surface area contributed by atoms with E-state index in [-0.39, 0.29) is 5.69 Å². The van der Waals surface area contributed by atoms with Crippen molar-refractivity contribution < 1.29 is 9.90 Å². The van der Waals surface area contributed by atoms with E-state index in [0.29, 0.717) is 5.75 Å². The van der Waals surface area contributed by atoms with Crippen molar-refractivity contribution in [2.45, 2.75) is 10.8 Å². The zero-order valence-electron chi connectivity index (χ0n) is 8.78. The summed E-state index contributed by atoms with van der Waals surface area (Å²) < 4.78 is 0. The van der Waals surface area contributed by atoms with Gasteiger partial charge in [-0.2, -0.15) is 0 Å². The van der Waals surface area contributed by atoms with Crippen LogP contribution in [0.2, 0.25) is 0 Å². The van der Waals surface area contributed by atoms with Crippen molar-refractivity contribution in [2.75, 3.05) is 0 Å². The van der Waals surface area contributed by atoms with Crippen LogP contribution in [0.4, 0.5) is 0 Å². The second-order valence-corrected chi connectivity index (χ2v) is 4.18. The summed E-state index contributed by atoms with van der Waals surface area (Å²) >= 11 is 1.50. The van der Waals surface area contributed by atoms with Gasteiger partial charge in [-0.05, 0) is 17.7 Å². The highest BCUT2D eigenvalue weighted by Gasteiger charge is 2.05. The minimum atomic E-state index is -1.02. The van der Waals surface area contributed by atoms with Crippen LogP contribution in [0.1, 0.15) is 16.1 Å². The SMILES string of the molecule is O=C(O)c1cc(CSc2cnccn2)ccn1. The number of carbonyl (C=O) groups is 1. The van der Waals surface area contributed by atoms with Gasteiger partial charge in [-0.3, -0.25) is 4.98 Å². The predicted octanol–water partition coefficient (Wildman–Crippen LogP) is 1.86. The average Bonchev–Trinajstić information content (AvgIpc) is 2.38. The van der Waals surface area contributed by atoms with E-state index in [1.54, 1.807) is 30.7 Å². The zero-order valence-corrected chi connectivity index (χ0v) is 9.59. The van der Waals surface area contributed by atoms with Crippen LogP contribution in [0.5, 0.6) is 0 Å². The molecule has 2 heterocycles. The van der Waals surface area contributed by atoms with Crippen LogP contribution in [0.15, 0.2) is 41.9 Å². The molecule has 6 heteroatoms. The van der Waals surface area contributed by atoms with Gasteiger partial charge >= 0.3 is 5.97 Å². The highest BCUT2D eigenvalue weighted by atomic mass is 32.2. The quantitative estimate of drug-likeness (QED) is 0.831. The van der Waals surface area contributed by atoms with E-state index in [1.165, 1.54) is 18.0 Å². The Labute approximate surface area is 102 Å². The topological polar surface area (TPSA) is 76.0 Å². The van der Waals surface area contributed by atoms with Crippen molar-refractivity contribution in [1.82, 2.24) is 15.0 Å². The third kappa shape index (κ3) is 3.25. The van der Waals surface area contributed by atoms with Crippen LogP contribution in [0, 0.1) is 0 Å². The predicted molar refractivity (Wildman–Crippen MR) is 62.8 cm³/mol. The second kappa shape index (κ2) is 5.40. The molecule has 0 unspecified atom stereocenters. The first-order valence-corrected chi connectivity index (χ1v) is 5.81. The summed E-state index contributed by atoms with van der Waals surface area (Å²) in [4.78, 5) is 22.6. The Morgan fingerprint density at radius 1 is 1.29 bits per heavy atom. The number of hydrogen-bond acceptors (Lipinski definition) is 5. The Morgan fingerprint density at radius 3 is 2.88 bits per heavy atom. The summed E-state index contributed by atoms with van der Waals surface area (Å²) in [6, 6.07) is 3.35. The fraction of sp³-hybridized carbons (Fsp3) is 0.0909. The molecule has 0 spiro atoms. The average molecular weight is 247 g/mol. The monoisotopic (exact) mass is 247 g/mol. The van der Waals surface area contributed by atoms with Gasteiger partial charge in [0.15, 0.2) is 0 Å². The highest BCUT2D eigenvalue weighted by Crippen LogP contribution is 2.19. The molecule has 0 saturated carbocycles. The standard InChI is InChI=1S/C11H9N3O2S/c15-11(16)9-5-8(1-2-13-9)7-17-10-6-12-3-4-14-10/h1-6H,7H2,(H,15,16). The molecular formula is C11H9N3O2S. The van der Waals surface area contributed by atoms with E-state index in [0.717, 1.165) is 10.6 Å². The van der Waals surface area contributed by atoms with Crippen LogP contribution in [0.25, 0.3) is 0 Å². The Hall–Kier alpha value is -1.95. The molecule has 17 heavy (non-hydrogen) atoms. The molecule has 86 valence electrons.